The first-order valence-corrected chi connectivity index (χ1v) is 10.7. The molecule has 2 bridgehead atoms. The molecule has 0 radical (unpaired) electrons. The van der Waals surface area contributed by atoms with Gasteiger partial charge in [-0.3, -0.25) is 9.59 Å². The van der Waals surface area contributed by atoms with E-state index in [1.807, 2.05) is 24.3 Å². The Balaban J connectivity index is 1.60. The molecule has 6 heteroatoms. The number of aliphatic hydroxyl groups is 1. The molecule has 3 fully saturated rings. The first-order valence-electron chi connectivity index (χ1n) is 10.7. The van der Waals surface area contributed by atoms with Crippen LogP contribution in [0, 0.1) is 22.7 Å². The first-order chi connectivity index (χ1) is 13.8. The van der Waals surface area contributed by atoms with E-state index in [0.29, 0.717) is 18.4 Å². The third-order valence-electron chi connectivity index (χ3n) is 7.71. The number of rotatable bonds is 5. The molecule has 3 N–H and O–H groups in total. The molecule has 4 rings (SSSR count). The van der Waals surface area contributed by atoms with E-state index in [1.54, 1.807) is 0 Å². The quantitative estimate of drug-likeness (QED) is 0.709. The lowest BCUT2D eigenvalue weighted by molar-refractivity contribution is -0.137. The molecule has 29 heavy (non-hydrogen) atoms. The predicted molar refractivity (Wildman–Crippen MR) is 110 cm³/mol. The van der Waals surface area contributed by atoms with Gasteiger partial charge in [-0.2, -0.15) is 0 Å². The van der Waals surface area contributed by atoms with E-state index in [9.17, 15) is 9.59 Å². The number of benzene rings is 1. The van der Waals surface area contributed by atoms with Gasteiger partial charge in [0, 0.05) is 31.7 Å². The summed E-state index contributed by atoms with van der Waals surface area (Å²) in [5.74, 6) is 0.770. The Kier molecular flexibility index (Phi) is 5.20. The van der Waals surface area contributed by atoms with Gasteiger partial charge in [0.15, 0.2) is 0 Å². The lowest BCUT2D eigenvalue weighted by Gasteiger charge is -2.53. The molecule has 1 aliphatic heterocycles. The van der Waals surface area contributed by atoms with Crippen LogP contribution >= 0.6 is 0 Å². The highest BCUT2D eigenvalue weighted by atomic mass is 16.5. The van der Waals surface area contributed by atoms with Crippen molar-refractivity contribution in [2.45, 2.75) is 58.6 Å². The second-order valence-corrected chi connectivity index (χ2v) is 9.62. The van der Waals surface area contributed by atoms with Crippen LogP contribution in [0.2, 0.25) is 0 Å². The van der Waals surface area contributed by atoms with Crippen LogP contribution in [0.15, 0.2) is 24.3 Å². The molecule has 2 aliphatic carbocycles. The lowest BCUT2D eigenvalue weighted by Crippen LogP contribution is -2.59. The second-order valence-electron chi connectivity index (χ2n) is 9.62. The average Bonchev–Trinajstić information content (AvgIpc) is 3.15. The van der Waals surface area contributed by atoms with Gasteiger partial charge in [-0.25, -0.2) is 0 Å². The summed E-state index contributed by atoms with van der Waals surface area (Å²) in [4.78, 5) is 23.7. The van der Waals surface area contributed by atoms with E-state index >= 15 is 0 Å². The molecule has 2 saturated carbocycles. The highest BCUT2D eigenvalue weighted by molar-refractivity contribution is 5.88. The number of hydrogen-bond acceptors (Lipinski definition) is 4. The number of nitrogens with one attached hydrogen (secondary N) is 2. The highest BCUT2D eigenvalue weighted by Gasteiger charge is 2.68. The van der Waals surface area contributed by atoms with Crippen molar-refractivity contribution in [3.05, 3.63) is 29.8 Å². The van der Waals surface area contributed by atoms with E-state index in [2.05, 4.69) is 24.5 Å². The van der Waals surface area contributed by atoms with Crippen molar-refractivity contribution in [1.29, 1.82) is 0 Å². The second kappa shape index (κ2) is 7.40. The summed E-state index contributed by atoms with van der Waals surface area (Å²) in [6.45, 7) is 6.62. The summed E-state index contributed by atoms with van der Waals surface area (Å²) in [6.07, 6.45) is 3.36. The van der Waals surface area contributed by atoms with Gasteiger partial charge in [0.05, 0.1) is 12.7 Å². The van der Waals surface area contributed by atoms with Crippen LogP contribution in [0.4, 0.5) is 5.69 Å². The maximum atomic E-state index is 12.4. The molecule has 1 aromatic carbocycles. The summed E-state index contributed by atoms with van der Waals surface area (Å²) >= 11 is 0. The molecule has 1 heterocycles. The van der Waals surface area contributed by atoms with Crippen LogP contribution in [0.3, 0.4) is 0 Å². The van der Waals surface area contributed by atoms with Crippen LogP contribution in [0.5, 0.6) is 0 Å². The maximum absolute atomic E-state index is 12.4. The molecule has 158 valence electrons. The molecule has 1 unspecified atom stereocenters. The molecule has 5 atom stereocenters. The predicted octanol–water partition coefficient (Wildman–Crippen LogP) is 3.03. The Hall–Kier alpha value is -1.92. The summed E-state index contributed by atoms with van der Waals surface area (Å²) in [5.41, 5.74) is 2.00. The summed E-state index contributed by atoms with van der Waals surface area (Å²) < 4.78 is 6.28. The number of amides is 2. The summed E-state index contributed by atoms with van der Waals surface area (Å²) in [5, 5.41) is 15.3. The normalized spacial score (nSPS) is 34.5. The smallest absolute Gasteiger partial charge is 0.222 e. The van der Waals surface area contributed by atoms with Crippen molar-refractivity contribution in [2.24, 2.45) is 22.7 Å². The molecule has 6 nitrogen and oxygen atoms in total. The Morgan fingerprint density at radius 3 is 2.62 bits per heavy atom. The third-order valence-corrected chi connectivity index (χ3v) is 7.71. The van der Waals surface area contributed by atoms with Crippen molar-refractivity contribution in [2.75, 3.05) is 18.5 Å². The van der Waals surface area contributed by atoms with Gasteiger partial charge in [0.2, 0.25) is 11.8 Å². The fraction of sp³-hybridized carbons (Fsp3) is 0.652. The number of carbonyl (C=O) groups excluding carboxylic acids is 2. The van der Waals surface area contributed by atoms with E-state index in [-0.39, 0.29) is 47.8 Å². The van der Waals surface area contributed by atoms with Gasteiger partial charge in [0.1, 0.15) is 0 Å². The van der Waals surface area contributed by atoms with Gasteiger partial charge in [-0.05, 0) is 59.6 Å². The van der Waals surface area contributed by atoms with Crippen molar-refractivity contribution in [3.63, 3.8) is 0 Å². The van der Waals surface area contributed by atoms with E-state index in [1.165, 1.54) is 6.92 Å². The fourth-order valence-corrected chi connectivity index (χ4v) is 6.41. The van der Waals surface area contributed by atoms with Crippen molar-refractivity contribution < 1.29 is 19.4 Å². The Labute approximate surface area is 172 Å². The minimum Gasteiger partial charge on any atom is -0.396 e. The number of aliphatic hydroxyl groups excluding tert-OH is 1. The molecule has 2 amide bonds. The average molecular weight is 401 g/mol. The van der Waals surface area contributed by atoms with Crippen molar-refractivity contribution in [1.82, 2.24) is 5.32 Å². The minimum absolute atomic E-state index is 0.00784. The highest BCUT2D eigenvalue weighted by Crippen LogP contribution is 2.70. The number of fused-ring (bicyclic) bond motifs is 1. The topological polar surface area (TPSA) is 87.7 Å². The summed E-state index contributed by atoms with van der Waals surface area (Å²) in [6, 6.07) is 8.05. The molecule has 3 aliphatic rings. The van der Waals surface area contributed by atoms with Gasteiger partial charge in [-0.15, -0.1) is 0 Å². The number of ether oxygens (including phenoxy) is 1. The Bertz CT molecular complexity index is 791. The first kappa shape index (κ1) is 20.4. The van der Waals surface area contributed by atoms with Gasteiger partial charge < -0.3 is 20.5 Å². The minimum atomic E-state index is -0.120. The van der Waals surface area contributed by atoms with Gasteiger partial charge >= 0.3 is 0 Å². The van der Waals surface area contributed by atoms with E-state index < -0.39 is 0 Å². The van der Waals surface area contributed by atoms with Gasteiger partial charge in [0.25, 0.3) is 0 Å². The van der Waals surface area contributed by atoms with Crippen molar-refractivity contribution in [3.8, 4) is 0 Å². The molecule has 1 spiro atoms. The van der Waals surface area contributed by atoms with Crippen molar-refractivity contribution >= 4 is 17.5 Å². The van der Waals surface area contributed by atoms with Gasteiger partial charge in [-0.1, -0.05) is 26.0 Å². The Morgan fingerprint density at radius 2 is 1.97 bits per heavy atom. The molecule has 0 aromatic heterocycles. The maximum Gasteiger partial charge on any atom is 0.222 e. The summed E-state index contributed by atoms with van der Waals surface area (Å²) in [7, 11) is 0. The van der Waals surface area contributed by atoms with Crippen LogP contribution in [0.25, 0.3) is 0 Å². The molecule has 1 saturated heterocycles. The fourth-order valence-electron chi connectivity index (χ4n) is 6.41. The molecular weight excluding hydrogens is 368 g/mol. The SMILES string of the molecule is CC(=O)Nc1ccc([C@H]2OCCC34C[C@@H](C[C@H]23)C(C)(C)[C@@H]4NC(=O)CCO)cc1. The monoisotopic (exact) mass is 400 g/mol. The number of hydrogen-bond donors (Lipinski definition) is 3. The zero-order valence-corrected chi connectivity index (χ0v) is 17.5. The van der Waals surface area contributed by atoms with Crippen LogP contribution in [-0.2, 0) is 14.3 Å². The van der Waals surface area contributed by atoms with Crippen LogP contribution < -0.4 is 10.6 Å². The standard InChI is InChI=1S/C23H32N2O4/c1-14(27)24-17-6-4-15(5-7-17)20-18-12-16-13-23(18,9-11-29-20)21(22(16,2)3)25-19(28)8-10-26/h4-7,16,18,20-21,26H,8-13H2,1-3H3,(H,24,27)(H,25,28)/t16-,18-,20-,21+,23?/m1/s1. The number of carbonyl (C=O) groups is 2. The zero-order chi connectivity index (χ0) is 20.8. The Morgan fingerprint density at radius 1 is 1.24 bits per heavy atom. The van der Waals surface area contributed by atoms with E-state index in [4.69, 9.17) is 9.84 Å². The third kappa shape index (κ3) is 3.36. The largest absolute Gasteiger partial charge is 0.396 e. The van der Waals surface area contributed by atoms with Crippen LogP contribution in [-0.4, -0.2) is 36.2 Å². The van der Waals surface area contributed by atoms with Crippen LogP contribution in [0.1, 0.15) is 58.1 Å². The lowest BCUT2D eigenvalue weighted by atomic mass is 9.59. The molecule has 1 aromatic rings. The number of anilines is 1. The molecular formula is C23H32N2O4. The zero-order valence-electron chi connectivity index (χ0n) is 17.5. The van der Waals surface area contributed by atoms with E-state index in [0.717, 1.165) is 30.5 Å².